The molecule has 0 aliphatic carbocycles. The van der Waals surface area contributed by atoms with Crippen molar-refractivity contribution in [2.75, 3.05) is 11.9 Å². The number of nitrogens with zero attached hydrogens (tertiary/aromatic N) is 1. The molecule has 1 amide bonds. The van der Waals surface area contributed by atoms with Gasteiger partial charge in [0.1, 0.15) is 0 Å². The van der Waals surface area contributed by atoms with Gasteiger partial charge < -0.3 is 10.1 Å². The number of carbonyl (C=O) groups is 2. The molecule has 5 nitrogen and oxygen atoms in total. The van der Waals surface area contributed by atoms with Crippen LogP contribution in [0.5, 0.6) is 0 Å². The van der Waals surface area contributed by atoms with Gasteiger partial charge in [-0.2, -0.15) is 13.2 Å². The SMILES string of the molecule is Cc1ccc(CC(=O)OCC(=O)Nc2ncc(C(F)(F)F)cc2Cl)cc1. The van der Waals surface area contributed by atoms with Crippen molar-refractivity contribution < 1.29 is 27.5 Å². The third-order valence-corrected chi connectivity index (χ3v) is 3.55. The predicted molar refractivity (Wildman–Crippen MR) is 88.7 cm³/mol. The Bertz CT molecular complexity index is 808. The molecule has 9 heteroatoms. The highest BCUT2D eigenvalue weighted by atomic mass is 35.5. The molecule has 0 atom stereocenters. The molecule has 0 fully saturated rings. The van der Waals surface area contributed by atoms with Crippen LogP contribution < -0.4 is 5.32 Å². The summed E-state index contributed by atoms with van der Waals surface area (Å²) >= 11 is 5.68. The molecule has 1 aromatic heterocycles. The zero-order valence-corrected chi connectivity index (χ0v) is 14.3. The van der Waals surface area contributed by atoms with Crippen LogP contribution >= 0.6 is 11.6 Å². The van der Waals surface area contributed by atoms with Gasteiger partial charge in [0.25, 0.3) is 5.91 Å². The number of esters is 1. The smallest absolute Gasteiger partial charge is 0.417 e. The lowest BCUT2D eigenvalue weighted by atomic mass is 10.1. The van der Waals surface area contributed by atoms with Crippen LogP contribution in [-0.4, -0.2) is 23.5 Å². The summed E-state index contributed by atoms with van der Waals surface area (Å²) in [6, 6.07) is 7.86. The average Bonchev–Trinajstić information content (AvgIpc) is 2.56. The fraction of sp³-hybridized carbons (Fsp3) is 0.235. The summed E-state index contributed by atoms with van der Waals surface area (Å²) < 4.78 is 42.4. The van der Waals surface area contributed by atoms with Gasteiger partial charge in [0, 0.05) is 6.20 Å². The molecule has 0 spiro atoms. The Balaban J connectivity index is 1.86. The number of amides is 1. The Morgan fingerprint density at radius 1 is 1.23 bits per heavy atom. The Hall–Kier alpha value is -2.61. The summed E-state index contributed by atoms with van der Waals surface area (Å²) in [4.78, 5) is 26.9. The Morgan fingerprint density at radius 2 is 1.88 bits per heavy atom. The predicted octanol–water partition coefficient (Wildman–Crippen LogP) is 3.79. The van der Waals surface area contributed by atoms with Gasteiger partial charge in [-0.05, 0) is 18.6 Å². The number of rotatable bonds is 5. The number of benzene rings is 1. The molecule has 26 heavy (non-hydrogen) atoms. The van der Waals surface area contributed by atoms with Crippen LogP contribution in [0.3, 0.4) is 0 Å². The van der Waals surface area contributed by atoms with Gasteiger partial charge in [-0.25, -0.2) is 4.98 Å². The maximum Gasteiger partial charge on any atom is 0.417 e. The van der Waals surface area contributed by atoms with Crippen molar-refractivity contribution in [3.63, 3.8) is 0 Å². The molecule has 0 unspecified atom stereocenters. The zero-order chi connectivity index (χ0) is 19.3. The minimum absolute atomic E-state index is 0.00710. The molecule has 1 aromatic carbocycles. The molecule has 0 saturated heterocycles. The van der Waals surface area contributed by atoms with E-state index in [1.54, 1.807) is 12.1 Å². The summed E-state index contributed by atoms with van der Waals surface area (Å²) in [6.45, 7) is 1.30. The Kier molecular flexibility index (Phi) is 6.20. The van der Waals surface area contributed by atoms with Crippen LogP contribution in [0.2, 0.25) is 5.02 Å². The number of pyridine rings is 1. The molecule has 1 N–H and O–H groups in total. The van der Waals surface area contributed by atoms with E-state index >= 15 is 0 Å². The number of anilines is 1. The van der Waals surface area contributed by atoms with Gasteiger partial charge >= 0.3 is 12.1 Å². The molecule has 0 radical (unpaired) electrons. The van der Waals surface area contributed by atoms with Crippen LogP contribution in [0.1, 0.15) is 16.7 Å². The summed E-state index contributed by atoms with van der Waals surface area (Å²) in [5.41, 5.74) is 0.737. The lowest BCUT2D eigenvalue weighted by molar-refractivity contribution is -0.146. The number of aryl methyl sites for hydroxylation is 1. The van der Waals surface area contributed by atoms with Crippen molar-refractivity contribution in [2.45, 2.75) is 19.5 Å². The van der Waals surface area contributed by atoms with E-state index in [1.165, 1.54) is 0 Å². The molecular weight excluding hydrogens is 373 g/mol. The van der Waals surface area contributed by atoms with Crippen LogP contribution in [0, 0.1) is 6.92 Å². The van der Waals surface area contributed by atoms with Gasteiger partial charge in [0.05, 0.1) is 17.0 Å². The van der Waals surface area contributed by atoms with Crippen molar-refractivity contribution >= 4 is 29.3 Å². The lowest BCUT2D eigenvalue weighted by Crippen LogP contribution is -2.22. The first-order valence-electron chi connectivity index (χ1n) is 7.39. The number of alkyl halides is 3. The molecule has 0 aliphatic rings. The van der Waals surface area contributed by atoms with E-state index in [4.69, 9.17) is 16.3 Å². The molecule has 0 saturated carbocycles. The number of ether oxygens (including phenoxy) is 1. The monoisotopic (exact) mass is 386 g/mol. The van der Waals surface area contributed by atoms with Gasteiger partial charge in [-0.15, -0.1) is 0 Å². The summed E-state index contributed by atoms with van der Waals surface area (Å²) in [6.07, 6.45) is -4.05. The van der Waals surface area contributed by atoms with Crippen molar-refractivity contribution in [2.24, 2.45) is 0 Å². The molecule has 0 bridgehead atoms. The summed E-state index contributed by atoms with van der Waals surface area (Å²) in [7, 11) is 0. The van der Waals surface area contributed by atoms with E-state index in [9.17, 15) is 22.8 Å². The van der Waals surface area contributed by atoms with Crippen molar-refractivity contribution in [1.82, 2.24) is 4.98 Å². The fourth-order valence-electron chi connectivity index (χ4n) is 1.92. The minimum atomic E-state index is -4.59. The highest BCUT2D eigenvalue weighted by Crippen LogP contribution is 2.32. The van der Waals surface area contributed by atoms with Crippen LogP contribution in [-0.2, 0) is 26.9 Å². The first-order chi connectivity index (χ1) is 12.1. The van der Waals surface area contributed by atoms with Gasteiger partial charge in [0.2, 0.25) is 0 Å². The van der Waals surface area contributed by atoms with E-state index in [-0.39, 0.29) is 17.3 Å². The average molecular weight is 387 g/mol. The third kappa shape index (κ3) is 5.73. The van der Waals surface area contributed by atoms with E-state index in [0.29, 0.717) is 12.3 Å². The normalized spacial score (nSPS) is 11.1. The summed E-state index contributed by atoms with van der Waals surface area (Å²) in [5, 5.41) is 1.81. The van der Waals surface area contributed by atoms with Crippen LogP contribution in [0.25, 0.3) is 0 Å². The second-order valence-electron chi connectivity index (χ2n) is 5.42. The second-order valence-corrected chi connectivity index (χ2v) is 5.83. The van der Waals surface area contributed by atoms with E-state index in [2.05, 4.69) is 10.3 Å². The number of carbonyl (C=O) groups excluding carboxylic acids is 2. The van der Waals surface area contributed by atoms with Crippen LogP contribution in [0.15, 0.2) is 36.5 Å². The van der Waals surface area contributed by atoms with Gasteiger partial charge in [0.15, 0.2) is 12.4 Å². The molecule has 2 aromatic rings. The number of aromatic nitrogens is 1. The maximum atomic E-state index is 12.5. The second kappa shape index (κ2) is 8.18. The highest BCUT2D eigenvalue weighted by molar-refractivity contribution is 6.33. The number of halogens is 4. The van der Waals surface area contributed by atoms with Crippen molar-refractivity contribution in [3.05, 3.63) is 58.2 Å². The topological polar surface area (TPSA) is 68.3 Å². The third-order valence-electron chi connectivity index (χ3n) is 3.26. The molecule has 1 heterocycles. The maximum absolute atomic E-state index is 12.5. The Labute approximate surface area is 152 Å². The molecule has 0 aliphatic heterocycles. The standard InChI is InChI=1S/C17H14ClF3N2O3/c1-10-2-4-11(5-3-10)6-15(25)26-9-14(24)23-16-13(18)7-12(8-22-16)17(19,20)21/h2-5,7-8H,6,9H2,1H3,(H,22,23,24). The summed E-state index contributed by atoms with van der Waals surface area (Å²) in [5.74, 6) is -1.63. The zero-order valence-electron chi connectivity index (χ0n) is 13.6. The van der Waals surface area contributed by atoms with E-state index in [0.717, 1.165) is 11.1 Å². The lowest BCUT2D eigenvalue weighted by Gasteiger charge is -2.10. The number of nitrogens with one attached hydrogen (secondary N) is 1. The van der Waals surface area contributed by atoms with E-state index < -0.39 is 30.2 Å². The van der Waals surface area contributed by atoms with Gasteiger partial charge in [-0.1, -0.05) is 41.4 Å². The van der Waals surface area contributed by atoms with Crippen molar-refractivity contribution in [3.8, 4) is 0 Å². The fourth-order valence-corrected chi connectivity index (χ4v) is 2.14. The van der Waals surface area contributed by atoms with Crippen molar-refractivity contribution in [1.29, 1.82) is 0 Å². The quantitative estimate of drug-likeness (QED) is 0.794. The first-order valence-corrected chi connectivity index (χ1v) is 7.76. The number of hydrogen-bond acceptors (Lipinski definition) is 4. The largest absolute Gasteiger partial charge is 0.455 e. The first kappa shape index (κ1) is 19.7. The Morgan fingerprint density at radius 3 is 2.46 bits per heavy atom. The van der Waals surface area contributed by atoms with E-state index in [1.807, 2.05) is 19.1 Å². The molecule has 2 rings (SSSR count). The number of hydrogen-bond donors (Lipinski definition) is 1. The minimum Gasteiger partial charge on any atom is -0.455 e. The van der Waals surface area contributed by atoms with Gasteiger partial charge in [-0.3, -0.25) is 9.59 Å². The van der Waals surface area contributed by atoms with Crippen LogP contribution in [0.4, 0.5) is 19.0 Å². The molecule has 138 valence electrons. The molecular formula is C17H14ClF3N2O3. The highest BCUT2D eigenvalue weighted by Gasteiger charge is 2.31.